The van der Waals surface area contributed by atoms with Crippen LogP contribution in [0.3, 0.4) is 0 Å². The molecule has 0 saturated heterocycles. The van der Waals surface area contributed by atoms with E-state index in [9.17, 15) is 4.79 Å². The molecule has 2 aromatic heterocycles. The molecule has 1 aliphatic rings. The van der Waals surface area contributed by atoms with Crippen LogP contribution in [-0.2, 0) is 13.5 Å². The largest absolute Gasteiger partial charge is 0.488 e. The molecule has 3 heterocycles. The summed E-state index contributed by atoms with van der Waals surface area (Å²) in [6.45, 7) is 2.02. The van der Waals surface area contributed by atoms with Gasteiger partial charge in [-0.3, -0.25) is 4.79 Å². The number of para-hydroxylation sites is 1. The number of hydrogen-bond donors (Lipinski definition) is 0. The Labute approximate surface area is 146 Å². The highest BCUT2D eigenvalue weighted by Crippen LogP contribution is 2.30. The molecule has 0 aliphatic carbocycles. The molecule has 3 aromatic rings. The lowest BCUT2D eigenvalue weighted by atomic mass is 10.0. The Balaban J connectivity index is 1.53. The number of nitrogens with zero attached hydrogens (tertiary/aromatic N) is 4. The number of rotatable bonds is 3. The zero-order valence-electron chi connectivity index (χ0n) is 14.5. The molecule has 2 atom stereocenters. The Kier molecular flexibility index (Phi) is 3.67. The summed E-state index contributed by atoms with van der Waals surface area (Å²) < 4.78 is 7.86. The lowest BCUT2D eigenvalue weighted by Crippen LogP contribution is -2.44. The van der Waals surface area contributed by atoms with Crippen molar-refractivity contribution >= 4 is 17.1 Å². The first-order chi connectivity index (χ1) is 12.0. The third-order valence-electron chi connectivity index (χ3n) is 4.94. The second-order valence-electron chi connectivity index (χ2n) is 6.55. The fourth-order valence-electron chi connectivity index (χ4n) is 3.25. The van der Waals surface area contributed by atoms with E-state index >= 15 is 0 Å². The number of aryl methyl sites for hydroxylation is 1. The van der Waals surface area contributed by atoms with Crippen molar-refractivity contribution in [2.75, 3.05) is 7.05 Å². The number of aromatic nitrogens is 3. The van der Waals surface area contributed by atoms with E-state index in [1.165, 1.54) is 5.56 Å². The van der Waals surface area contributed by atoms with E-state index in [-0.39, 0.29) is 18.1 Å². The molecular formula is C19H20N4O2. The number of pyridine rings is 1. The predicted molar refractivity (Wildman–Crippen MR) is 94.6 cm³/mol. The topological polar surface area (TPSA) is 60.2 Å². The van der Waals surface area contributed by atoms with Gasteiger partial charge in [-0.15, -0.1) is 0 Å². The first kappa shape index (κ1) is 15.6. The van der Waals surface area contributed by atoms with Gasteiger partial charge >= 0.3 is 0 Å². The summed E-state index contributed by atoms with van der Waals surface area (Å²) in [7, 11) is 3.69. The van der Waals surface area contributed by atoms with Crippen LogP contribution in [0.2, 0.25) is 0 Å². The highest BCUT2D eigenvalue weighted by atomic mass is 16.5. The van der Waals surface area contributed by atoms with Crippen LogP contribution < -0.4 is 4.74 Å². The average Bonchev–Trinajstić information content (AvgIpc) is 3.23. The van der Waals surface area contributed by atoms with E-state index in [1.54, 1.807) is 23.5 Å². The molecule has 0 saturated carbocycles. The van der Waals surface area contributed by atoms with E-state index in [0.717, 1.165) is 23.3 Å². The van der Waals surface area contributed by atoms with E-state index < -0.39 is 0 Å². The predicted octanol–water partition coefficient (Wildman–Crippen LogP) is 2.43. The van der Waals surface area contributed by atoms with Gasteiger partial charge in [-0.2, -0.15) is 0 Å². The average molecular weight is 336 g/mol. The minimum Gasteiger partial charge on any atom is -0.488 e. The number of carbonyl (C=O) groups is 1. The van der Waals surface area contributed by atoms with Gasteiger partial charge in [0.1, 0.15) is 17.4 Å². The Bertz CT molecular complexity index is 925. The van der Waals surface area contributed by atoms with Crippen molar-refractivity contribution in [3.63, 3.8) is 0 Å². The van der Waals surface area contributed by atoms with Gasteiger partial charge in [0.25, 0.3) is 5.91 Å². The number of imidazole rings is 1. The highest BCUT2D eigenvalue weighted by Gasteiger charge is 2.32. The quantitative estimate of drug-likeness (QED) is 0.737. The fraction of sp³-hybridized carbons (Fsp3) is 0.316. The van der Waals surface area contributed by atoms with Crippen molar-refractivity contribution in [2.45, 2.75) is 25.5 Å². The normalized spacial score (nSPS) is 17.2. The van der Waals surface area contributed by atoms with Crippen molar-refractivity contribution in [3.8, 4) is 5.75 Å². The van der Waals surface area contributed by atoms with Crippen molar-refractivity contribution in [1.29, 1.82) is 0 Å². The van der Waals surface area contributed by atoms with Gasteiger partial charge in [-0.1, -0.05) is 18.2 Å². The van der Waals surface area contributed by atoms with Crippen LogP contribution >= 0.6 is 0 Å². The Morgan fingerprint density at radius 2 is 2.16 bits per heavy atom. The van der Waals surface area contributed by atoms with Gasteiger partial charge in [0.2, 0.25) is 0 Å². The van der Waals surface area contributed by atoms with Crippen molar-refractivity contribution in [1.82, 2.24) is 19.4 Å². The zero-order valence-corrected chi connectivity index (χ0v) is 14.5. The molecule has 6 heteroatoms. The molecule has 128 valence electrons. The van der Waals surface area contributed by atoms with Crippen LogP contribution in [0.4, 0.5) is 0 Å². The molecule has 1 aromatic carbocycles. The van der Waals surface area contributed by atoms with Gasteiger partial charge in [0.05, 0.1) is 17.9 Å². The van der Waals surface area contributed by atoms with Gasteiger partial charge in [0, 0.05) is 26.7 Å². The first-order valence-electron chi connectivity index (χ1n) is 8.33. The number of likely N-dealkylation sites (N-methyl/N-ethyl adjacent to an activating group) is 1. The van der Waals surface area contributed by atoms with Crippen LogP contribution in [0.15, 0.2) is 42.9 Å². The molecule has 4 rings (SSSR count). The van der Waals surface area contributed by atoms with Crippen molar-refractivity contribution in [3.05, 3.63) is 54.0 Å². The maximum atomic E-state index is 12.9. The molecule has 1 aliphatic heterocycles. The third-order valence-corrected chi connectivity index (χ3v) is 4.94. The van der Waals surface area contributed by atoms with Crippen LogP contribution in [0.5, 0.6) is 5.75 Å². The lowest BCUT2D eigenvalue weighted by Gasteiger charge is -2.29. The monoisotopic (exact) mass is 336 g/mol. The van der Waals surface area contributed by atoms with Crippen molar-refractivity contribution < 1.29 is 9.53 Å². The van der Waals surface area contributed by atoms with Crippen LogP contribution in [0.1, 0.15) is 22.8 Å². The fourth-order valence-corrected chi connectivity index (χ4v) is 3.25. The van der Waals surface area contributed by atoms with E-state index in [1.807, 2.05) is 43.8 Å². The standard InChI is InChI=1S/C19H20N4O2/c1-12(17-9-13-6-4-5-7-16(13)25-17)23(3)19(24)14-8-15-18(20-10-14)22(2)11-21-15/h4-8,10-12,17H,9H2,1-3H3/t12-,17+/m0/s1. The molecule has 0 unspecified atom stereocenters. The summed E-state index contributed by atoms with van der Waals surface area (Å²) in [6, 6.07) is 9.76. The van der Waals surface area contributed by atoms with E-state index in [0.29, 0.717) is 5.56 Å². The summed E-state index contributed by atoms with van der Waals surface area (Å²) in [5, 5.41) is 0. The molecule has 0 radical (unpaired) electrons. The number of ether oxygens (including phenoxy) is 1. The summed E-state index contributed by atoms with van der Waals surface area (Å²) in [4.78, 5) is 23.2. The van der Waals surface area contributed by atoms with Gasteiger partial charge < -0.3 is 14.2 Å². The summed E-state index contributed by atoms with van der Waals surface area (Å²) in [6.07, 6.45) is 4.08. The van der Waals surface area contributed by atoms with Gasteiger partial charge in [-0.25, -0.2) is 9.97 Å². The SMILES string of the molecule is C[C@@H]([C@H]1Cc2ccccc2O1)N(C)C(=O)c1cnc2c(c1)ncn2C. The minimum atomic E-state index is -0.0768. The van der Waals surface area contributed by atoms with E-state index in [2.05, 4.69) is 16.0 Å². The molecule has 0 spiro atoms. The number of carbonyl (C=O) groups excluding carboxylic acids is 1. The Morgan fingerprint density at radius 3 is 2.96 bits per heavy atom. The van der Waals surface area contributed by atoms with Crippen LogP contribution in [0, 0.1) is 0 Å². The minimum absolute atomic E-state index is 0.0436. The number of hydrogen-bond acceptors (Lipinski definition) is 4. The zero-order chi connectivity index (χ0) is 17.6. The van der Waals surface area contributed by atoms with E-state index in [4.69, 9.17) is 4.74 Å². The summed E-state index contributed by atoms with van der Waals surface area (Å²) in [5.41, 5.74) is 3.22. The second-order valence-corrected chi connectivity index (χ2v) is 6.55. The number of amides is 1. The van der Waals surface area contributed by atoms with Crippen LogP contribution in [-0.4, -0.2) is 44.5 Å². The van der Waals surface area contributed by atoms with Crippen molar-refractivity contribution in [2.24, 2.45) is 7.05 Å². The Hall–Kier alpha value is -2.89. The summed E-state index contributed by atoms with van der Waals surface area (Å²) in [5.74, 6) is 0.837. The molecule has 6 nitrogen and oxygen atoms in total. The molecule has 0 bridgehead atoms. The molecular weight excluding hydrogens is 316 g/mol. The van der Waals surface area contributed by atoms with Gasteiger partial charge in [0.15, 0.2) is 5.65 Å². The highest BCUT2D eigenvalue weighted by molar-refractivity contribution is 5.96. The first-order valence-corrected chi connectivity index (χ1v) is 8.33. The molecule has 0 fully saturated rings. The lowest BCUT2D eigenvalue weighted by molar-refractivity contribution is 0.0598. The molecule has 1 amide bonds. The smallest absolute Gasteiger partial charge is 0.255 e. The van der Waals surface area contributed by atoms with Crippen LogP contribution in [0.25, 0.3) is 11.2 Å². The molecule has 0 N–H and O–H groups in total. The maximum Gasteiger partial charge on any atom is 0.255 e. The summed E-state index contributed by atoms with van der Waals surface area (Å²) >= 11 is 0. The maximum absolute atomic E-state index is 12.9. The van der Waals surface area contributed by atoms with Gasteiger partial charge in [-0.05, 0) is 24.6 Å². The number of benzene rings is 1. The molecule has 25 heavy (non-hydrogen) atoms. The number of fused-ring (bicyclic) bond motifs is 2. The second kappa shape index (κ2) is 5.88. The third kappa shape index (κ3) is 2.63. The Morgan fingerprint density at radius 1 is 1.36 bits per heavy atom.